The van der Waals surface area contributed by atoms with Crippen LogP contribution in [0.15, 0.2) is 47.0 Å². The number of hydrogen-bond donors (Lipinski definition) is 1. The molecular weight excluding hydrogens is 290 g/mol. The zero-order valence-corrected chi connectivity index (χ0v) is 13.4. The first-order valence-corrected chi connectivity index (χ1v) is 7.65. The molecule has 0 radical (unpaired) electrons. The number of fused-ring (bicyclic) bond motifs is 1. The number of aryl methyl sites for hydroxylation is 1. The van der Waals surface area contributed by atoms with E-state index in [1.165, 1.54) is 0 Å². The summed E-state index contributed by atoms with van der Waals surface area (Å²) in [6, 6.07) is 13.2. The predicted octanol–water partition coefficient (Wildman–Crippen LogP) is 3.66. The minimum Gasteiger partial charge on any atom is -0.340 e. The number of benzene rings is 2. The SMILES string of the molecule is Cc1noc([C@H](NC(=O)c2cccc3ccccc23)C(C)C)n1. The molecule has 1 atom stereocenters. The van der Waals surface area contributed by atoms with Crippen LogP contribution in [0.25, 0.3) is 10.8 Å². The molecule has 1 N–H and O–H groups in total. The Morgan fingerprint density at radius 1 is 1.13 bits per heavy atom. The maximum Gasteiger partial charge on any atom is 0.252 e. The summed E-state index contributed by atoms with van der Waals surface area (Å²) in [4.78, 5) is 17.0. The third-order valence-electron chi connectivity index (χ3n) is 3.80. The van der Waals surface area contributed by atoms with Gasteiger partial charge in [-0.2, -0.15) is 4.98 Å². The Kier molecular flexibility index (Phi) is 4.10. The van der Waals surface area contributed by atoms with Crippen LogP contribution in [0, 0.1) is 12.8 Å². The van der Waals surface area contributed by atoms with Gasteiger partial charge in [-0.25, -0.2) is 0 Å². The van der Waals surface area contributed by atoms with Gasteiger partial charge in [-0.3, -0.25) is 4.79 Å². The number of carbonyl (C=O) groups excluding carboxylic acids is 1. The second-order valence-corrected chi connectivity index (χ2v) is 5.90. The average Bonchev–Trinajstić information content (AvgIpc) is 2.97. The van der Waals surface area contributed by atoms with Gasteiger partial charge in [0.25, 0.3) is 5.91 Å². The number of hydrogen-bond acceptors (Lipinski definition) is 4. The van der Waals surface area contributed by atoms with Crippen molar-refractivity contribution in [2.45, 2.75) is 26.8 Å². The summed E-state index contributed by atoms with van der Waals surface area (Å²) in [5.41, 5.74) is 0.644. The molecule has 0 aliphatic carbocycles. The second kappa shape index (κ2) is 6.20. The Bertz CT molecular complexity index is 834. The smallest absolute Gasteiger partial charge is 0.252 e. The summed E-state index contributed by atoms with van der Waals surface area (Å²) in [7, 11) is 0. The Balaban J connectivity index is 1.92. The molecule has 23 heavy (non-hydrogen) atoms. The van der Waals surface area contributed by atoms with Crippen molar-refractivity contribution in [3.8, 4) is 0 Å². The van der Waals surface area contributed by atoms with Crippen LogP contribution in [-0.4, -0.2) is 16.0 Å². The van der Waals surface area contributed by atoms with Crippen molar-refractivity contribution in [1.82, 2.24) is 15.5 Å². The van der Waals surface area contributed by atoms with Gasteiger partial charge < -0.3 is 9.84 Å². The molecule has 3 aromatic rings. The lowest BCUT2D eigenvalue weighted by Gasteiger charge is -2.19. The first kappa shape index (κ1) is 15.2. The number of nitrogens with one attached hydrogen (secondary N) is 1. The number of nitrogens with zero attached hydrogens (tertiary/aromatic N) is 2. The van der Waals surface area contributed by atoms with E-state index in [0.29, 0.717) is 17.3 Å². The van der Waals surface area contributed by atoms with Crippen LogP contribution in [0.4, 0.5) is 0 Å². The molecule has 1 aromatic heterocycles. The summed E-state index contributed by atoms with van der Waals surface area (Å²) in [6.45, 7) is 5.78. The van der Waals surface area contributed by atoms with E-state index in [0.717, 1.165) is 10.8 Å². The molecular formula is C18H19N3O2. The Labute approximate surface area is 134 Å². The van der Waals surface area contributed by atoms with E-state index >= 15 is 0 Å². The highest BCUT2D eigenvalue weighted by Gasteiger charge is 2.25. The van der Waals surface area contributed by atoms with Crippen molar-refractivity contribution in [1.29, 1.82) is 0 Å². The number of carbonyl (C=O) groups is 1. The lowest BCUT2D eigenvalue weighted by molar-refractivity contribution is 0.0915. The van der Waals surface area contributed by atoms with E-state index in [1.807, 2.05) is 56.3 Å². The standard InChI is InChI=1S/C18H19N3O2/c1-11(2)16(18-19-12(3)21-23-18)20-17(22)15-10-6-8-13-7-4-5-9-14(13)15/h4-11,16H,1-3H3,(H,20,22)/t16-/m1/s1. The van der Waals surface area contributed by atoms with Gasteiger partial charge in [0.05, 0.1) is 0 Å². The third-order valence-corrected chi connectivity index (χ3v) is 3.80. The summed E-state index contributed by atoms with van der Waals surface area (Å²) < 4.78 is 5.24. The normalized spacial score (nSPS) is 12.5. The van der Waals surface area contributed by atoms with E-state index in [4.69, 9.17) is 4.52 Å². The van der Waals surface area contributed by atoms with Crippen molar-refractivity contribution in [2.75, 3.05) is 0 Å². The highest BCUT2D eigenvalue weighted by molar-refractivity contribution is 6.07. The van der Waals surface area contributed by atoms with Gasteiger partial charge in [0.1, 0.15) is 6.04 Å². The topological polar surface area (TPSA) is 68.0 Å². The van der Waals surface area contributed by atoms with E-state index in [1.54, 1.807) is 6.92 Å². The highest BCUT2D eigenvalue weighted by Crippen LogP contribution is 2.23. The predicted molar refractivity (Wildman–Crippen MR) is 88.0 cm³/mol. The molecule has 0 saturated carbocycles. The summed E-state index contributed by atoms with van der Waals surface area (Å²) in [5.74, 6) is 0.987. The lowest BCUT2D eigenvalue weighted by atomic mass is 10.0. The fourth-order valence-electron chi connectivity index (χ4n) is 2.60. The largest absolute Gasteiger partial charge is 0.340 e. The lowest BCUT2D eigenvalue weighted by Crippen LogP contribution is -2.32. The van der Waals surface area contributed by atoms with Crippen LogP contribution in [0.5, 0.6) is 0 Å². The second-order valence-electron chi connectivity index (χ2n) is 5.90. The molecule has 118 valence electrons. The monoisotopic (exact) mass is 309 g/mol. The number of amides is 1. The van der Waals surface area contributed by atoms with Crippen LogP contribution >= 0.6 is 0 Å². The van der Waals surface area contributed by atoms with Crippen molar-refractivity contribution in [3.63, 3.8) is 0 Å². The van der Waals surface area contributed by atoms with E-state index < -0.39 is 0 Å². The third kappa shape index (κ3) is 3.08. The van der Waals surface area contributed by atoms with Crippen LogP contribution in [-0.2, 0) is 0 Å². The molecule has 0 fully saturated rings. The molecule has 5 heteroatoms. The van der Waals surface area contributed by atoms with Gasteiger partial charge in [-0.15, -0.1) is 0 Å². The summed E-state index contributed by atoms with van der Waals surface area (Å²) >= 11 is 0. The molecule has 5 nitrogen and oxygen atoms in total. The molecule has 3 rings (SSSR count). The molecule has 2 aromatic carbocycles. The Morgan fingerprint density at radius 2 is 1.87 bits per heavy atom. The van der Waals surface area contributed by atoms with Crippen LogP contribution in [0.1, 0.15) is 42.0 Å². The molecule has 1 amide bonds. The quantitative estimate of drug-likeness (QED) is 0.798. The van der Waals surface area contributed by atoms with E-state index in [9.17, 15) is 4.79 Å². The number of aromatic nitrogens is 2. The van der Waals surface area contributed by atoms with Crippen molar-refractivity contribution in [2.24, 2.45) is 5.92 Å². The Hall–Kier alpha value is -2.69. The summed E-state index contributed by atoms with van der Waals surface area (Å²) in [5, 5.41) is 8.80. The first-order chi connectivity index (χ1) is 11.1. The van der Waals surface area contributed by atoms with Crippen molar-refractivity contribution >= 4 is 16.7 Å². The zero-order valence-electron chi connectivity index (χ0n) is 13.4. The van der Waals surface area contributed by atoms with Crippen molar-refractivity contribution in [3.05, 3.63) is 59.7 Å². The maximum atomic E-state index is 12.8. The summed E-state index contributed by atoms with van der Waals surface area (Å²) in [6.07, 6.45) is 0. The van der Waals surface area contributed by atoms with Crippen molar-refractivity contribution < 1.29 is 9.32 Å². The van der Waals surface area contributed by atoms with Crippen LogP contribution < -0.4 is 5.32 Å². The zero-order chi connectivity index (χ0) is 16.4. The van der Waals surface area contributed by atoms with Gasteiger partial charge in [-0.05, 0) is 29.7 Å². The maximum absolute atomic E-state index is 12.8. The molecule has 1 heterocycles. The van der Waals surface area contributed by atoms with Crippen LogP contribution in [0.2, 0.25) is 0 Å². The minimum atomic E-state index is -0.317. The molecule has 0 aliphatic rings. The molecule has 0 spiro atoms. The first-order valence-electron chi connectivity index (χ1n) is 7.65. The van der Waals surface area contributed by atoms with E-state index in [2.05, 4.69) is 15.5 Å². The molecule has 0 aliphatic heterocycles. The fourth-order valence-corrected chi connectivity index (χ4v) is 2.60. The number of rotatable bonds is 4. The van der Waals surface area contributed by atoms with Crippen LogP contribution in [0.3, 0.4) is 0 Å². The van der Waals surface area contributed by atoms with Gasteiger partial charge in [0.15, 0.2) is 5.82 Å². The molecule has 0 saturated heterocycles. The highest BCUT2D eigenvalue weighted by atomic mass is 16.5. The van der Waals surface area contributed by atoms with Gasteiger partial charge in [0, 0.05) is 5.56 Å². The van der Waals surface area contributed by atoms with E-state index in [-0.39, 0.29) is 17.9 Å². The van der Waals surface area contributed by atoms with Gasteiger partial charge >= 0.3 is 0 Å². The molecule has 0 bridgehead atoms. The molecule has 0 unspecified atom stereocenters. The fraction of sp³-hybridized carbons (Fsp3) is 0.278. The van der Waals surface area contributed by atoms with Gasteiger partial charge in [-0.1, -0.05) is 55.4 Å². The Morgan fingerprint density at radius 3 is 2.57 bits per heavy atom. The minimum absolute atomic E-state index is 0.133. The average molecular weight is 309 g/mol. The van der Waals surface area contributed by atoms with Gasteiger partial charge in [0.2, 0.25) is 5.89 Å².